The Morgan fingerprint density at radius 1 is 1.53 bits per heavy atom. The van der Waals surface area contributed by atoms with Crippen LogP contribution in [0.5, 0.6) is 0 Å². The first-order valence-corrected chi connectivity index (χ1v) is 7.62. The minimum absolute atomic E-state index is 0.251. The van der Waals surface area contributed by atoms with Crippen LogP contribution in [0.4, 0.5) is 5.69 Å². The number of anilines is 1. The summed E-state index contributed by atoms with van der Waals surface area (Å²) in [6.45, 7) is 0.481. The molecule has 2 rings (SSSR count). The number of carbonyl (C=O) groups excluding carboxylic acids is 1. The van der Waals surface area contributed by atoms with E-state index < -0.39 is 10.8 Å². The number of aromatic amines is 1. The zero-order valence-corrected chi connectivity index (χ0v) is 11.4. The highest BCUT2D eigenvalue weighted by atomic mass is 32.2. The maximum absolute atomic E-state index is 12.0. The zero-order valence-electron chi connectivity index (χ0n) is 10.6. The molecule has 0 bridgehead atoms. The van der Waals surface area contributed by atoms with E-state index in [1.807, 2.05) is 0 Å². The van der Waals surface area contributed by atoms with Gasteiger partial charge in [0.2, 0.25) is 0 Å². The lowest BCUT2D eigenvalue weighted by Crippen LogP contribution is -2.25. The monoisotopic (exact) mass is 280 g/mol. The van der Waals surface area contributed by atoms with Gasteiger partial charge in [-0.05, 0) is 24.6 Å². The topological polar surface area (TPSA) is 101 Å². The average molecular weight is 280 g/mol. The van der Waals surface area contributed by atoms with E-state index in [0.717, 1.165) is 5.52 Å². The SMILES string of the molecule is CS(=O)CCCNC(=O)c1n[nH]c2ccc(N)cc12. The molecule has 0 aliphatic heterocycles. The molecule has 1 atom stereocenters. The van der Waals surface area contributed by atoms with Crippen LogP contribution in [-0.4, -0.2) is 38.9 Å². The summed E-state index contributed by atoms with van der Waals surface area (Å²) in [7, 11) is -0.832. The van der Waals surface area contributed by atoms with Crippen LogP contribution in [0.3, 0.4) is 0 Å². The van der Waals surface area contributed by atoms with Gasteiger partial charge in [0, 0.05) is 40.4 Å². The lowest BCUT2D eigenvalue weighted by Gasteiger charge is -2.02. The Kier molecular flexibility index (Phi) is 4.16. The Labute approximate surface area is 113 Å². The molecule has 1 aromatic carbocycles. The lowest BCUT2D eigenvalue weighted by atomic mass is 10.2. The lowest BCUT2D eigenvalue weighted by molar-refractivity contribution is 0.0950. The van der Waals surface area contributed by atoms with Crippen LogP contribution >= 0.6 is 0 Å². The van der Waals surface area contributed by atoms with Crippen molar-refractivity contribution in [3.8, 4) is 0 Å². The van der Waals surface area contributed by atoms with Crippen molar-refractivity contribution in [3.63, 3.8) is 0 Å². The Bertz CT molecular complexity index is 623. The van der Waals surface area contributed by atoms with E-state index in [-0.39, 0.29) is 5.91 Å². The van der Waals surface area contributed by atoms with E-state index in [2.05, 4.69) is 15.5 Å². The van der Waals surface area contributed by atoms with Gasteiger partial charge >= 0.3 is 0 Å². The van der Waals surface area contributed by atoms with Gasteiger partial charge in [-0.1, -0.05) is 0 Å². The predicted molar refractivity (Wildman–Crippen MR) is 76.4 cm³/mol. The fourth-order valence-electron chi connectivity index (χ4n) is 1.77. The van der Waals surface area contributed by atoms with Gasteiger partial charge in [0.1, 0.15) is 0 Å². The molecule has 1 unspecified atom stereocenters. The number of rotatable bonds is 5. The third-order valence-electron chi connectivity index (χ3n) is 2.70. The standard InChI is InChI=1S/C12H16N4O2S/c1-19(18)6-2-5-14-12(17)11-9-7-8(13)3-4-10(9)15-16-11/h3-4,7H,2,5-6,13H2,1H3,(H,14,17)(H,15,16). The van der Waals surface area contributed by atoms with Gasteiger partial charge in [0.15, 0.2) is 5.69 Å². The highest BCUT2D eigenvalue weighted by Gasteiger charge is 2.13. The van der Waals surface area contributed by atoms with Crippen LogP contribution in [0.2, 0.25) is 0 Å². The van der Waals surface area contributed by atoms with Crippen LogP contribution in [-0.2, 0) is 10.8 Å². The van der Waals surface area contributed by atoms with E-state index >= 15 is 0 Å². The van der Waals surface area contributed by atoms with Crippen LogP contribution in [0.1, 0.15) is 16.9 Å². The molecule has 0 saturated carbocycles. The van der Waals surface area contributed by atoms with E-state index in [1.165, 1.54) is 0 Å². The fraction of sp³-hybridized carbons (Fsp3) is 0.333. The Morgan fingerprint density at radius 3 is 3.05 bits per heavy atom. The van der Waals surface area contributed by atoms with Crippen molar-refractivity contribution in [2.24, 2.45) is 0 Å². The molecule has 0 radical (unpaired) electrons. The summed E-state index contributed by atoms with van der Waals surface area (Å²) in [6.07, 6.45) is 2.32. The second-order valence-electron chi connectivity index (χ2n) is 4.26. The number of nitrogens with one attached hydrogen (secondary N) is 2. The number of H-pyrrole nitrogens is 1. The number of hydrogen-bond donors (Lipinski definition) is 3. The summed E-state index contributed by atoms with van der Waals surface area (Å²) < 4.78 is 10.9. The largest absolute Gasteiger partial charge is 0.399 e. The molecule has 0 fully saturated rings. The van der Waals surface area contributed by atoms with Gasteiger partial charge < -0.3 is 11.1 Å². The summed E-state index contributed by atoms with van der Waals surface area (Å²) in [5.41, 5.74) is 7.39. The van der Waals surface area contributed by atoms with Crippen LogP contribution in [0, 0.1) is 0 Å². The van der Waals surface area contributed by atoms with Crippen LogP contribution < -0.4 is 11.1 Å². The summed E-state index contributed by atoms with van der Waals surface area (Å²) in [4.78, 5) is 12.0. The van der Waals surface area contributed by atoms with Gasteiger partial charge in [-0.15, -0.1) is 0 Å². The maximum Gasteiger partial charge on any atom is 0.272 e. The second-order valence-corrected chi connectivity index (χ2v) is 5.82. The Morgan fingerprint density at radius 2 is 2.32 bits per heavy atom. The molecule has 2 aromatic rings. The molecule has 0 saturated heterocycles. The van der Waals surface area contributed by atoms with E-state index in [1.54, 1.807) is 24.5 Å². The Hall–Kier alpha value is -1.89. The zero-order chi connectivity index (χ0) is 13.8. The van der Waals surface area contributed by atoms with Gasteiger partial charge in [-0.3, -0.25) is 14.1 Å². The fourth-order valence-corrected chi connectivity index (χ4v) is 2.32. The van der Waals surface area contributed by atoms with Crippen molar-refractivity contribution in [3.05, 3.63) is 23.9 Å². The van der Waals surface area contributed by atoms with E-state index in [9.17, 15) is 9.00 Å². The third-order valence-corrected chi connectivity index (χ3v) is 3.56. The van der Waals surface area contributed by atoms with Crippen LogP contribution in [0.25, 0.3) is 10.9 Å². The number of benzene rings is 1. The normalized spacial score (nSPS) is 12.5. The molecule has 0 spiro atoms. The van der Waals surface area contributed by atoms with Crippen molar-refractivity contribution >= 4 is 33.3 Å². The van der Waals surface area contributed by atoms with Crippen molar-refractivity contribution in [2.75, 3.05) is 24.3 Å². The maximum atomic E-state index is 12.0. The van der Waals surface area contributed by atoms with E-state index in [0.29, 0.717) is 35.5 Å². The highest BCUT2D eigenvalue weighted by Crippen LogP contribution is 2.18. The van der Waals surface area contributed by atoms with Crippen LogP contribution in [0.15, 0.2) is 18.2 Å². The van der Waals surface area contributed by atoms with Crippen molar-refractivity contribution in [2.45, 2.75) is 6.42 Å². The molecular weight excluding hydrogens is 264 g/mol. The molecule has 19 heavy (non-hydrogen) atoms. The quantitative estimate of drug-likeness (QED) is 0.552. The molecule has 7 heteroatoms. The smallest absolute Gasteiger partial charge is 0.272 e. The summed E-state index contributed by atoms with van der Waals surface area (Å²) >= 11 is 0. The van der Waals surface area contributed by atoms with Gasteiger partial charge in [0.05, 0.1) is 5.52 Å². The average Bonchev–Trinajstić information content (AvgIpc) is 2.77. The summed E-state index contributed by atoms with van der Waals surface area (Å²) in [5, 5.41) is 10.2. The first-order chi connectivity index (χ1) is 9.08. The second kappa shape index (κ2) is 5.83. The van der Waals surface area contributed by atoms with Gasteiger partial charge in [-0.25, -0.2) is 0 Å². The minimum atomic E-state index is -0.832. The molecule has 1 amide bonds. The summed E-state index contributed by atoms with van der Waals surface area (Å²) in [6, 6.07) is 5.25. The number of amides is 1. The molecule has 102 valence electrons. The number of fused-ring (bicyclic) bond motifs is 1. The first-order valence-electron chi connectivity index (χ1n) is 5.90. The molecule has 0 aliphatic rings. The molecule has 4 N–H and O–H groups in total. The first kappa shape index (κ1) is 13.5. The molecule has 1 aromatic heterocycles. The molecule has 0 aliphatic carbocycles. The number of aromatic nitrogens is 2. The number of carbonyl (C=O) groups is 1. The highest BCUT2D eigenvalue weighted by molar-refractivity contribution is 7.84. The molecular formula is C12H16N4O2S. The molecule has 6 nitrogen and oxygen atoms in total. The number of nitrogens with zero attached hydrogens (tertiary/aromatic N) is 1. The summed E-state index contributed by atoms with van der Waals surface area (Å²) in [5.74, 6) is 0.327. The molecule has 1 heterocycles. The van der Waals surface area contributed by atoms with E-state index in [4.69, 9.17) is 5.73 Å². The third kappa shape index (κ3) is 3.31. The number of hydrogen-bond acceptors (Lipinski definition) is 4. The Balaban J connectivity index is 2.05. The van der Waals surface area contributed by atoms with Crippen molar-refractivity contribution in [1.29, 1.82) is 0 Å². The van der Waals surface area contributed by atoms with Gasteiger partial charge in [-0.2, -0.15) is 5.10 Å². The van der Waals surface area contributed by atoms with Crippen molar-refractivity contribution in [1.82, 2.24) is 15.5 Å². The van der Waals surface area contributed by atoms with Gasteiger partial charge in [0.25, 0.3) is 5.91 Å². The number of nitrogen functional groups attached to an aromatic ring is 1. The van der Waals surface area contributed by atoms with Crippen molar-refractivity contribution < 1.29 is 9.00 Å². The minimum Gasteiger partial charge on any atom is -0.399 e. The number of nitrogens with two attached hydrogens (primary N) is 1. The predicted octanol–water partition coefficient (Wildman–Crippen LogP) is 0.643.